The molecule has 1 aliphatic rings. The van der Waals surface area contributed by atoms with Gasteiger partial charge in [0.15, 0.2) is 0 Å². The van der Waals surface area contributed by atoms with Gasteiger partial charge in [0.25, 0.3) is 0 Å². The minimum absolute atomic E-state index is 0.0206. The largest absolute Gasteiger partial charge is 0.391 e. The third-order valence-corrected chi connectivity index (χ3v) is 3.14. The monoisotopic (exact) mass is 213 g/mol. The molecule has 1 rings (SSSR count). The van der Waals surface area contributed by atoms with Gasteiger partial charge in [-0.1, -0.05) is 6.92 Å². The number of hydrogen-bond acceptors (Lipinski definition) is 4. The summed E-state index contributed by atoms with van der Waals surface area (Å²) in [5, 5.41) is 19.4. The van der Waals surface area contributed by atoms with Crippen LogP contribution >= 0.6 is 0 Å². The number of ether oxygens (including phenoxy) is 2. The molecule has 15 heavy (non-hydrogen) atoms. The molecule has 86 valence electrons. The highest BCUT2D eigenvalue weighted by atomic mass is 16.5. The number of nitriles is 1. The van der Waals surface area contributed by atoms with Crippen LogP contribution in [0.1, 0.15) is 19.8 Å². The SMILES string of the molecule is COCC(C)C(O)C1(C#N)CCOCC1. The van der Waals surface area contributed by atoms with Gasteiger partial charge in [0, 0.05) is 26.2 Å². The third-order valence-electron chi connectivity index (χ3n) is 3.14. The topological polar surface area (TPSA) is 62.5 Å². The quantitative estimate of drug-likeness (QED) is 0.755. The Morgan fingerprint density at radius 2 is 2.13 bits per heavy atom. The van der Waals surface area contributed by atoms with Gasteiger partial charge in [0.2, 0.25) is 0 Å². The second-order valence-electron chi connectivity index (χ2n) is 4.26. The van der Waals surface area contributed by atoms with E-state index in [1.807, 2.05) is 6.92 Å². The van der Waals surface area contributed by atoms with Crippen molar-refractivity contribution < 1.29 is 14.6 Å². The molecule has 0 bridgehead atoms. The van der Waals surface area contributed by atoms with E-state index in [0.29, 0.717) is 32.7 Å². The van der Waals surface area contributed by atoms with Crippen molar-refractivity contribution in [3.8, 4) is 6.07 Å². The number of nitrogens with zero attached hydrogens (tertiary/aromatic N) is 1. The van der Waals surface area contributed by atoms with Crippen LogP contribution in [0.2, 0.25) is 0 Å². The van der Waals surface area contributed by atoms with Crippen LogP contribution in [-0.4, -0.2) is 38.1 Å². The van der Waals surface area contributed by atoms with E-state index in [4.69, 9.17) is 9.47 Å². The highest BCUT2D eigenvalue weighted by molar-refractivity contribution is 5.05. The first-order chi connectivity index (χ1) is 7.16. The first kappa shape index (κ1) is 12.4. The molecule has 1 fully saturated rings. The average Bonchev–Trinajstić information content (AvgIpc) is 2.29. The molecule has 2 atom stereocenters. The lowest BCUT2D eigenvalue weighted by Crippen LogP contribution is -2.43. The molecule has 4 heteroatoms. The second kappa shape index (κ2) is 5.45. The number of aliphatic hydroxyl groups excluding tert-OH is 1. The molecular formula is C11H19NO3. The van der Waals surface area contributed by atoms with E-state index in [0.717, 1.165) is 0 Å². The second-order valence-corrected chi connectivity index (χ2v) is 4.26. The van der Waals surface area contributed by atoms with Gasteiger partial charge in [-0.15, -0.1) is 0 Å². The van der Waals surface area contributed by atoms with Crippen LogP contribution in [0.5, 0.6) is 0 Å². The van der Waals surface area contributed by atoms with Crippen LogP contribution in [0.15, 0.2) is 0 Å². The van der Waals surface area contributed by atoms with E-state index in [1.165, 1.54) is 0 Å². The van der Waals surface area contributed by atoms with Crippen LogP contribution < -0.4 is 0 Å². The molecule has 0 aromatic rings. The molecule has 1 heterocycles. The Hall–Kier alpha value is -0.630. The zero-order valence-corrected chi connectivity index (χ0v) is 9.40. The Balaban J connectivity index is 2.68. The van der Waals surface area contributed by atoms with Crippen molar-refractivity contribution in [2.45, 2.75) is 25.9 Å². The van der Waals surface area contributed by atoms with Crippen molar-refractivity contribution in [3.63, 3.8) is 0 Å². The first-order valence-corrected chi connectivity index (χ1v) is 5.32. The molecule has 0 radical (unpaired) electrons. The molecule has 2 unspecified atom stereocenters. The van der Waals surface area contributed by atoms with Crippen molar-refractivity contribution in [1.82, 2.24) is 0 Å². The van der Waals surface area contributed by atoms with Crippen LogP contribution in [0.4, 0.5) is 0 Å². The van der Waals surface area contributed by atoms with Gasteiger partial charge in [-0.05, 0) is 12.8 Å². The Labute approximate surface area is 90.8 Å². The summed E-state index contributed by atoms with van der Waals surface area (Å²) in [7, 11) is 1.60. The lowest BCUT2D eigenvalue weighted by molar-refractivity contribution is -0.0635. The molecule has 4 nitrogen and oxygen atoms in total. The van der Waals surface area contributed by atoms with Crippen molar-refractivity contribution in [2.24, 2.45) is 11.3 Å². The highest BCUT2D eigenvalue weighted by Crippen LogP contribution is 2.36. The van der Waals surface area contributed by atoms with Gasteiger partial charge >= 0.3 is 0 Å². The number of aliphatic hydroxyl groups is 1. The summed E-state index contributed by atoms with van der Waals surface area (Å²) in [6.07, 6.45) is 0.587. The van der Waals surface area contributed by atoms with Gasteiger partial charge in [0.1, 0.15) is 0 Å². The summed E-state index contributed by atoms with van der Waals surface area (Å²) in [4.78, 5) is 0. The summed E-state index contributed by atoms with van der Waals surface area (Å²) in [5.41, 5.74) is -0.643. The van der Waals surface area contributed by atoms with E-state index in [9.17, 15) is 10.4 Å². The van der Waals surface area contributed by atoms with Crippen LogP contribution in [-0.2, 0) is 9.47 Å². The van der Waals surface area contributed by atoms with Crippen molar-refractivity contribution in [3.05, 3.63) is 0 Å². The fourth-order valence-electron chi connectivity index (χ4n) is 2.11. The first-order valence-electron chi connectivity index (χ1n) is 5.32. The van der Waals surface area contributed by atoms with Gasteiger partial charge in [-0.3, -0.25) is 0 Å². The fraction of sp³-hybridized carbons (Fsp3) is 0.909. The predicted octanol–water partition coefficient (Wildman–Crippen LogP) is 0.950. The zero-order valence-electron chi connectivity index (χ0n) is 9.40. The third kappa shape index (κ3) is 2.69. The van der Waals surface area contributed by atoms with Gasteiger partial charge in [0.05, 0.1) is 24.2 Å². The smallest absolute Gasteiger partial charge is 0.0879 e. The van der Waals surface area contributed by atoms with Crippen LogP contribution in [0, 0.1) is 22.7 Å². The summed E-state index contributed by atoms with van der Waals surface area (Å²) in [6.45, 7) is 3.50. The minimum Gasteiger partial charge on any atom is -0.391 e. The van der Waals surface area contributed by atoms with E-state index in [1.54, 1.807) is 7.11 Å². The molecule has 0 amide bonds. The Kier molecular flexibility index (Phi) is 4.52. The van der Waals surface area contributed by atoms with E-state index >= 15 is 0 Å². The minimum atomic E-state index is -0.643. The normalized spacial score (nSPS) is 24.1. The summed E-state index contributed by atoms with van der Waals surface area (Å²) in [5.74, 6) is -0.0206. The average molecular weight is 213 g/mol. The van der Waals surface area contributed by atoms with Crippen LogP contribution in [0.25, 0.3) is 0 Å². The zero-order chi connectivity index (χ0) is 11.3. The Bertz CT molecular complexity index is 230. The maximum Gasteiger partial charge on any atom is 0.0879 e. The molecule has 0 saturated carbocycles. The van der Waals surface area contributed by atoms with Gasteiger partial charge < -0.3 is 14.6 Å². The standard InChI is InChI=1S/C11H19NO3/c1-9(7-14-2)10(13)11(8-12)3-5-15-6-4-11/h9-10,13H,3-7H2,1-2H3. The lowest BCUT2D eigenvalue weighted by atomic mass is 9.72. The molecular weight excluding hydrogens is 194 g/mol. The van der Waals surface area contributed by atoms with Gasteiger partial charge in [-0.2, -0.15) is 5.26 Å². The molecule has 1 N–H and O–H groups in total. The number of methoxy groups -OCH3 is 1. The summed E-state index contributed by atoms with van der Waals surface area (Å²) < 4.78 is 10.2. The summed E-state index contributed by atoms with van der Waals surface area (Å²) >= 11 is 0. The summed E-state index contributed by atoms with van der Waals surface area (Å²) in [6, 6.07) is 2.27. The van der Waals surface area contributed by atoms with Crippen LogP contribution in [0.3, 0.4) is 0 Å². The van der Waals surface area contributed by atoms with Crippen molar-refractivity contribution in [2.75, 3.05) is 26.9 Å². The Morgan fingerprint density at radius 1 is 1.53 bits per heavy atom. The van der Waals surface area contributed by atoms with E-state index < -0.39 is 11.5 Å². The maximum absolute atomic E-state index is 10.2. The number of hydrogen-bond donors (Lipinski definition) is 1. The predicted molar refractivity (Wildman–Crippen MR) is 55.1 cm³/mol. The molecule has 0 aromatic heterocycles. The molecule has 0 aliphatic carbocycles. The molecule has 1 saturated heterocycles. The van der Waals surface area contributed by atoms with Crippen molar-refractivity contribution >= 4 is 0 Å². The maximum atomic E-state index is 10.2. The van der Waals surface area contributed by atoms with Gasteiger partial charge in [-0.25, -0.2) is 0 Å². The highest BCUT2D eigenvalue weighted by Gasteiger charge is 2.42. The molecule has 0 aromatic carbocycles. The number of rotatable bonds is 4. The molecule has 1 aliphatic heterocycles. The molecule has 0 spiro atoms. The van der Waals surface area contributed by atoms with Crippen molar-refractivity contribution in [1.29, 1.82) is 5.26 Å². The van der Waals surface area contributed by atoms with E-state index in [2.05, 4.69) is 6.07 Å². The fourth-order valence-corrected chi connectivity index (χ4v) is 2.11. The lowest BCUT2D eigenvalue weighted by Gasteiger charge is -2.37. The Morgan fingerprint density at radius 3 is 2.60 bits per heavy atom. The van der Waals surface area contributed by atoms with E-state index in [-0.39, 0.29) is 5.92 Å².